The normalized spacial score (nSPS) is 17.1. The first-order valence-corrected chi connectivity index (χ1v) is 8.53. The smallest absolute Gasteiger partial charge is 0.256 e. The molecule has 1 aromatic heterocycles. The number of para-hydroxylation sites is 1. The van der Waals surface area contributed by atoms with Crippen LogP contribution in [0.2, 0.25) is 0 Å². The summed E-state index contributed by atoms with van der Waals surface area (Å²) in [5.41, 5.74) is 2.39. The standard InChI is InChI=1S/C19H24N2O3/c1-2-17-16(9-10-20-17)19(23)21(13-15-7-5-11-24-15)12-14-6-3-4-8-18(14)22/h3-4,6,8-10,15,20,22H,2,5,7,11-13H2,1H3/t15-/m0/s1. The quantitative estimate of drug-likeness (QED) is 0.856. The van der Waals surface area contributed by atoms with Crippen LogP contribution in [0.15, 0.2) is 36.5 Å². The minimum atomic E-state index is -0.0214. The molecule has 0 spiro atoms. The van der Waals surface area contributed by atoms with Crippen LogP contribution in [0.5, 0.6) is 5.75 Å². The third kappa shape index (κ3) is 3.62. The van der Waals surface area contributed by atoms with Crippen molar-refractivity contribution >= 4 is 5.91 Å². The minimum absolute atomic E-state index is 0.0214. The highest BCUT2D eigenvalue weighted by atomic mass is 16.5. The van der Waals surface area contributed by atoms with E-state index in [1.54, 1.807) is 23.2 Å². The maximum atomic E-state index is 13.1. The van der Waals surface area contributed by atoms with Gasteiger partial charge in [0.2, 0.25) is 0 Å². The molecule has 5 nitrogen and oxygen atoms in total. The number of hydrogen-bond donors (Lipinski definition) is 2. The van der Waals surface area contributed by atoms with Gasteiger partial charge in [0.25, 0.3) is 5.91 Å². The second-order valence-corrected chi connectivity index (χ2v) is 6.17. The predicted molar refractivity (Wildman–Crippen MR) is 92.0 cm³/mol. The maximum absolute atomic E-state index is 13.1. The summed E-state index contributed by atoms with van der Waals surface area (Å²) in [6.45, 7) is 3.70. The van der Waals surface area contributed by atoms with E-state index in [-0.39, 0.29) is 17.8 Å². The van der Waals surface area contributed by atoms with Crippen molar-refractivity contribution in [1.29, 1.82) is 0 Å². The molecule has 3 rings (SSSR count). The molecule has 0 aliphatic carbocycles. The summed E-state index contributed by atoms with van der Waals surface area (Å²) in [7, 11) is 0. The Labute approximate surface area is 142 Å². The van der Waals surface area contributed by atoms with Crippen LogP contribution in [0.25, 0.3) is 0 Å². The summed E-state index contributed by atoms with van der Waals surface area (Å²) in [5.74, 6) is 0.194. The average Bonchev–Trinajstić information content (AvgIpc) is 3.26. The van der Waals surface area contributed by atoms with Crippen molar-refractivity contribution < 1.29 is 14.6 Å². The van der Waals surface area contributed by atoms with Gasteiger partial charge >= 0.3 is 0 Å². The Morgan fingerprint density at radius 1 is 1.38 bits per heavy atom. The number of hydrogen-bond acceptors (Lipinski definition) is 3. The molecule has 0 radical (unpaired) electrons. The number of aromatic nitrogens is 1. The zero-order valence-electron chi connectivity index (χ0n) is 14.0. The van der Waals surface area contributed by atoms with E-state index in [2.05, 4.69) is 4.98 Å². The van der Waals surface area contributed by atoms with Gasteiger partial charge in [-0.15, -0.1) is 0 Å². The number of rotatable bonds is 6. The third-order valence-electron chi connectivity index (χ3n) is 4.50. The average molecular weight is 328 g/mol. The van der Waals surface area contributed by atoms with Crippen molar-refractivity contribution in [3.63, 3.8) is 0 Å². The van der Waals surface area contributed by atoms with Crippen molar-refractivity contribution in [2.75, 3.05) is 13.2 Å². The zero-order valence-corrected chi connectivity index (χ0v) is 14.0. The van der Waals surface area contributed by atoms with Gasteiger partial charge in [-0.2, -0.15) is 0 Å². The van der Waals surface area contributed by atoms with E-state index in [0.29, 0.717) is 18.7 Å². The number of nitrogens with zero attached hydrogens (tertiary/aromatic N) is 1. The molecule has 1 aliphatic heterocycles. The van der Waals surface area contributed by atoms with Gasteiger partial charge in [-0.1, -0.05) is 25.1 Å². The molecule has 5 heteroatoms. The van der Waals surface area contributed by atoms with Gasteiger partial charge < -0.3 is 19.7 Å². The van der Waals surface area contributed by atoms with Gasteiger partial charge in [0.1, 0.15) is 5.75 Å². The van der Waals surface area contributed by atoms with Crippen LogP contribution in [-0.4, -0.2) is 40.2 Å². The lowest BCUT2D eigenvalue weighted by Gasteiger charge is -2.26. The fourth-order valence-electron chi connectivity index (χ4n) is 3.17. The Balaban J connectivity index is 1.83. The molecule has 1 aliphatic rings. The van der Waals surface area contributed by atoms with Crippen molar-refractivity contribution in [3.05, 3.63) is 53.3 Å². The second kappa shape index (κ2) is 7.53. The molecule has 1 amide bonds. The molecule has 2 heterocycles. The fourth-order valence-corrected chi connectivity index (χ4v) is 3.17. The number of benzene rings is 1. The molecule has 1 fully saturated rings. The van der Waals surface area contributed by atoms with Crippen molar-refractivity contribution in [3.8, 4) is 5.75 Å². The highest BCUT2D eigenvalue weighted by Gasteiger charge is 2.25. The molecule has 24 heavy (non-hydrogen) atoms. The van der Waals surface area contributed by atoms with Gasteiger partial charge in [-0.3, -0.25) is 4.79 Å². The van der Waals surface area contributed by atoms with Crippen LogP contribution in [0.3, 0.4) is 0 Å². The fraction of sp³-hybridized carbons (Fsp3) is 0.421. The Kier molecular flexibility index (Phi) is 5.20. The van der Waals surface area contributed by atoms with Gasteiger partial charge in [0.15, 0.2) is 0 Å². The van der Waals surface area contributed by atoms with Gasteiger partial charge in [-0.05, 0) is 31.4 Å². The first-order valence-electron chi connectivity index (χ1n) is 8.53. The second-order valence-electron chi connectivity index (χ2n) is 6.17. The molecule has 1 saturated heterocycles. The van der Waals surface area contributed by atoms with E-state index in [0.717, 1.165) is 37.1 Å². The van der Waals surface area contributed by atoms with Crippen LogP contribution in [0.1, 0.15) is 41.4 Å². The molecule has 0 unspecified atom stereocenters. The number of carbonyl (C=O) groups is 1. The van der Waals surface area contributed by atoms with Crippen molar-refractivity contribution in [1.82, 2.24) is 9.88 Å². The van der Waals surface area contributed by atoms with E-state index >= 15 is 0 Å². The third-order valence-corrected chi connectivity index (χ3v) is 4.50. The van der Waals surface area contributed by atoms with Crippen LogP contribution < -0.4 is 0 Å². The van der Waals surface area contributed by atoms with Crippen molar-refractivity contribution in [2.24, 2.45) is 0 Å². The van der Waals surface area contributed by atoms with Gasteiger partial charge in [0.05, 0.1) is 11.7 Å². The number of phenols is 1. The molecular weight excluding hydrogens is 304 g/mol. The number of aryl methyl sites for hydroxylation is 1. The number of carbonyl (C=O) groups excluding carboxylic acids is 1. The SMILES string of the molecule is CCc1[nH]ccc1C(=O)N(Cc1ccccc1O)C[C@@H]1CCCO1. The van der Waals surface area contributed by atoms with Crippen LogP contribution in [0.4, 0.5) is 0 Å². The summed E-state index contributed by atoms with van der Waals surface area (Å²) in [6, 6.07) is 8.99. The topological polar surface area (TPSA) is 65.6 Å². The summed E-state index contributed by atoms with van der Waals surface area (Å²) >= 11 is 0. The highest BCUT2D eigenvalue weighted by Crippen LogP contribution is 2.22. The van der Waals surface area contributed by atoms with E-state index < -0.39 is 0 Å². The Bertz CT molecular complexity index is 689. The summed E-state index contributed by atoms with van der Waals surface area (Å²) in [4.78, 5) is 18.0. The highest BCUT2D eigenvalue weighted by molar-refractivity contribution is 5.95. The predicted octanol–water partition coefficient (Wildman–Crippen LogP) is 3.10. The minimum Gasteiger partial charge on any atom is -0.508 e. The van der Waals surface area contributed by atoms with E-state index in [1.807, 2.05) is 25.1 Å². The monoisotopic (exact) mass is 328 g/mol. The molecule has 2 aromatic rings. The number of H-pyrrole nitrogens is 1. The number of aromatic hydroxyl groups is 1. The molecule has 2 N–H and O–H groups in total. The van der Waals surface area contributed by atoms with Crippen LogP contribution in [0, 0.1) is 0 Å². The van der Waals surface area contributed by atoms with Gasteiger partial charge in [-0.25, -0.2) is 0 Å². The number of amides is 1. The van der Waals surface area contributed by atoms with E-state index in [4.69, 9.17) is 4.74 Å². The Morgan fingerprint density at radius 3 is 2.92 bits per heavy atom. The van der Waals surface area contributed by atoms with Crippen LogP contribution >= 0.6 is 0 Å². The Hall–Kier alpha value is -2.27. The lowest BCUT2D eigenvalue weighted by atomic mass is 10.1. The number of ether oxygens (including phenoxy) is 1. The van der Waals surface area contributed by atoms with E-state index in [1.165, 1.54) is 0 Å². The molecule has 128 valence electrons. The Morgan fingerprint density at radius 2 is 2.21 bits per heavy atom. The zero-order chi connectivity index (χ0) is 16.9. The summed E-state index contributed by atoms with van der Waals surface area (Å²) < 4.78 is 5.71. The lowest BCUT2D eigenvalue weighted by molar-refractivity contribution is 0.0505. The largest absolute Gasteiger partial charge is 0.508 e. The summed E-state index contributed by atoms with van der Waals surface area (Å²) in [5, 5.41) is 10.1. The molecular formula is C19H24N2O3. The van der Waals surface area contributed by atoms with E-state index in [9.17, 15) is 9.90 Å². The van der Waals surface area contributed by atoms with Crippen molar-refractivity contribution in [2.45, 2.75) is 38.8 Å². The van der Waals surface area contributed by atoms with Crippen LogP contribution in [-0.2, 0) is 17.7 Å². The first kappa shape index (κ1) is 16.6. The molecule has 1 atom stereocenters. The molecule has 0 saturated carbocycles. The maximum Gasteiger partial charge on any atom is 0.256 e. The first-order chi connectivity index (χ1) is 11.7. The molecule has 0 bridgehead atoms. The molecule has 1 aromatic carbocycles. The lowest BCUT2D eigenvalue weighted by Crippen LogP contribution is -2.37. The summed E-state index contributed by atoms with van der Waals surface area (Å²) in [6.07, 6.45) is 4.66. The number of nitrogens with one attached hydrogen (secondary N) is 1. The number of aromatic amines is 1. The number of phenolic OH excluding ortho intramolecular Hbond substituents is 1. The van der Waals surface area contributed by atoms with Gasteiger partial charge in [0, 0.05) is 37.2 Å².